The van der Waals surface area contributed by atoms with Crippen LogP contribution in [0, 0.1) is 50.7 Å². The maximum Gasteiger partial charge on any atom is 0.195 e. The van der Waals surface area contributed by atoms with Crippen molar-refractivity contribution in [1.29, 1.82) is 0 Å². The van der Waals surface area contributed by atoms with Crippen molar-refractivity contribution < 1.29 is 19.4 Å². The van der Waals surface area contributed by atoms with E-state index < -0.39 is 5.79 Å². The highest BCUT2D eigenvalue weighted by molar-refractivity contribution is 5.86. The van der Waals surface area contributed by atoms with Crippen LogP contribution in [0.25, 0.3) is 0 Å². The van der Waals surface area contributed by atoms with Crippen molar-refractivity contribution in [3.63, 3.8) is 0 Å². The normalized spacial score (nSPS) is 62.5. The van der Waals surface area contributed by atoms with E-state index in [2.05, 4.69) is 48.5 Å². The van der Waals surface area contributed by atoms with Crippen LogP contribution >= 0.6 is 0 Å². The van der Waals surface area contributed by atoms with Crippen LogP contribution in [0.4, 0.5) is 0 Å². The summed E-state index contributed by atoms with van der Waals surface area (Å²) in [6.07, 6.45) is 10.1. The zero-order valence-electron chi connectivity index (χ0n) is 22.5. The quantitative estimate of drug-likeness (QED) is 0.485. The Bertz CT molecular complexity index is 971. The smallest absolute Gasteiger partial charge is 0.195 e. The van der Waals surface area contributed by atoms with Crippen LogP contribution in [0.3, 0.4) is 0 Å². The molecule has 34 heavy (non-hydrogen) atoms. The lowest BCUT2D eigenvalue weighted by atomic mass is 9.42. The Morgan fingerprint density at radius 2 is 1.50 bits per heavy atom. The van der Waals surface area contributed by atoms with Crippen molar-refractivity contribution in [1.82, 2.24) is 0 Å². The molecule has 0 aromatic rings. The van der Waals surface area contributed by atoms with Crippen molar-refractivity contribution in [3.8, 4) is 0 Å². The Kier molecular flexibility index (Phi) is 4.00. The van der Waals surface area contributed by atoms with Gasteiger partial charge in [0.25, 0.3) is 0 Å². The van der Waals surface area contributed by atoms with Crippen LogP contribution in [-0.2, 0) is 14.3 Å². The summed E-state index contributed by atoms with van der Waals surface area (Å²) in [4.78, 5) is 12.9. The largest absolute Gasteiger partial charge is 0.363 e. The number of ether oxygens (including phenoxy) is 2. The highest BCUT2D eigenvalue weighted by Gasteiger charge is 2.83. The van der Waals surface area contributed by atoms with Gasteiger partial charge in [-0.05, 0) is 104 Å². The maximum atomic E-state index is 12.9. The number of Topliss-reactive ketones (excluding diaryl/α,β-unsaturated/α-hetero) is 1. The lowest BCUT2D eigenvalue weighted by molar-refractivity contribution is -0.289. The summed E-state index contributed by atoms with van der Waals surface area (Å²) in [5.74, 6) is 1.60. The molecule has 7 fully saturated rings. The average Bonchev–Trinajstić information content (AvgIpc) is 3.56. The number of hydrogen-bond acceptors (Lipinski definition) is 4. The molecule has 5 saturated carbocycles. The van der Waals surface area contributed by atoms with Crippen LogP contribution in [0.15, 0.2) is 0 Å². The maximum absolute atomic E-state index is 12.9. The van der Waals surface area contributed by atoms with E-state index in [1.165, 1.54) is 32.1 Å². The molecule has 2 saturated heterocycles. The second-order valence-electron chi connectivity index (χ2n) is 15.7. The summed E-state index contributed by atoms with van der Waals surface area (Å²) in [5.41, 5.74) is 0.907. The fourth-order valence-electron chi connectivity index (χ4n) is 12.3. The highest BCUT2D eigenvalue weighted by atomic mass is 16.7. The number of aliphatic hydroxyl groups is 1. The van der Waals surface area contributed by atoms with Crippen molar-refractivity contribution in [3.05, 3.63) is 0 Å². The van der Waals surface area contributed by atoms with Gasteiger partial charge in [0, 0.05) is 18.3 Å². The minimum atomic E-state index is -1.14. The van der Waals surface area contributed by atoms with E-state index in [4.69, 9.17) is 9.47 Å². The fraction of sp³-hybridized carbons (Fsp3) is 0.967. The van der Waals surface area contributed by atoms with Gasteiger partial charge >= 0.3 is 0 Å². The summed E-state index contributed by atoms with van der Waals surface area (Å²) in [7, 11) is 0. The monoisotopic (exact) mass is 470 g/mol. The molecule has 0 aromatic heterocycles. The molecule has 7 rings (SSSR count). The van der Waals surface area contributed by atoms with Gasteiger partial charge in [-0.15, -0.1) is 0 Å². The highest BCUT2D eigenvalue weighted by Crippen LogP contribution is 2.89. The SMILES string of the molecule is C[C@@H]1CC(O)(C2OC2(C)C)O[C@H]2C[C@@]3(C)[C@@H]4CC[C@H]5C(C)(C)C(=O)CC[C@@]56C[C@@]46CC[C@]3(C)[C@@H]12. The van der Waals surface area contributed by atoms with Crippen LogP contribution in [0.5, 0.6) is 0 Å². The molecule has 11 atom stereocenters. The third-order valence-electron chi connectivity index (χ3n) is 13.9. The summed E-state index contributed by atoms with van der Waals surface area (Å²) in [5, 5.41) is 11.6. The van der Waals surface area contributed by atoms with E-state index in [1.807, 2.05) is 0 Å². The minimum absolute atomic E-state index is 0.121. The molecular formula is C30H46O4. The molecule has 0 aromatic carbocycles. The minimum Gasteiger partial charge on any atom is -0.363 e. The number of hydrogen-bond donors (Lipinski definition) is 1. The average molecular weight is 471 g/mol. The molecule has 190 valence electrons. The Morgan fingerprint density at radius 3 is 2.18 bits per heavy atom. The van der Waals surface area contributed by atoms with E-state index in [9.17, 15) is 9.90 Å². The van der Waals surface area contributed by atoms with Crippen LogP contribution < -0.4 is 0 Å². The molecule has 1 N–H and O–H groups in total. The van der Waals surface area contributed by atoms with Gasteiger partial charge in [0.1, 0.15) is 11.9 Å². The molecule has 0 bridgehead atoms. The van der Waals surface area contributed by atoms with E-state index in [1.54, 1.807) is 0 Å². The zero-order chi connectivity index (χ0) is 24.3. The second-order valence-corrected chi connectivity index (χ2v) is 15.7. The van der Waals surface area contributed by atoms with E-state index in [0.29, 0.717) is 40.8 Å². The molecule has 0 amide bonds. The topological polar surface area (TPSA) is 59.1 Å². The number of carbonyl (C=O) groups excluding carboxylic acids is 1. The van der Waals surface area contributed by atoms with Gasteiger partial charge in [0.15, 0.2) is 5.79 Å². The molecule has 0 radical (unpaired) electrons. The predicted octanol–water partition coefficient (Wildman–Crippen LogP) is 5.90. The fourth-order valence-corrected chi connectivity index (χ4v) is 12.3. The number of carbonyl (C=O) groups is 1. The van der Waals surface area contributed by atoms with Gasteiger partial charge in [-0.1, -0.05) is 34.6 Å². The molecule has 2 spiro atoms. The van der Waals surface area contributed by atoms with Crippen LogP contribution in [0.2, 0.25) is 0 Å². The van der Waals surface area contributed by atoms with E-state index in [-0.39, 0.29) is 34.1 Å². The van der Waals surface area contributed by atoms with Gasteiger partial charge in [-0.2, -0.15) is 0 Å². The summed E-state index contributed by atoms with van der Waals surface area (Å²) in [6, 6.07) is 0. The molecule has 7 aliphatic rings. The van der Waals surface area contributed by atoms with Gasteiger partial charge in [0.2, 0.25) is 0 Å². The Morgan fingerprint density at radius 1 is 0.853 bits per heavy atom. The Hall–Kier alpha value is -0.450. The standard InChI is InChI=1S/C30H46O4/c1-17-14-30(32,23-25(4,5)34-23)33-18-15-27(7)20-9-8-19-24(2,3)21(31)10-11-28(19)16-29(20,28)13-12-26(27,6)22(17)18/h17-20,22-23,32H,8-16H2,1-7H3/t17-,18+,19+,20+,22+,23?,26-,27+,28-,29+,30?/m1/s1. The van der Waals surface area contributed by atoms with Crippen LogP contribution in [0.1, 0.15) is 106 Å². The second kappa shape index (κ2) is 5.99. The van der Waals surface area contributed by atoms with Gasteiger partial charge in [-0.3, -0.25) is 4.79 Å². The third-order valence-corrected chi connectivity index (χ3v) is 13.9. The number of rotatable bonds is 1. The number of fused-ring (bicyclic) bond motifs is 4. The molecule has 4 nitrogen and oxygen atoms in total. The first-order valence-corrected chi connectivity index (χ1v) is 14.3. The van der Waals surface area contributed by atoms with Crippen LogP contribution in [-0.4, -0.2) is 34.5 Å². The van der Waals surface area contributed by atoms with Crippen molar-refractivity contribution in [2.75, 3.05) is 0 Å². The molecule has 5 aliphatic carbocycles. The van der Waals surface area contributed by atoms with E-state index in [0.717, 1.165) is 25.2 Å². The lowest BCUT2D eigenvalue weighted by Crippen LogP contribution is -2.58. The first-order chi connectivity index (χ1) is 15.7. The molecule has 2 unspecified atom stereocenters. The summed E-state index contributed by atoms with van der Waals surface area (Å²) < 4.78 is 12.6. The molecule has 2 aliphatic heterocycles. The van der Waals surface area contributed by atoms with Crippen molar-refractivity contribution in [2.45, 2.75) is 130 Å². The predicted molar refractivity (Wildman–Crippen MR) is 130 cm³/mol. The first-order valence-electron chi connectivity index (χ1n) is 14.3. The van der Waals surface area contributed by atoms with Gasteiger partial charge in [-0.25, -0.2) is 0 Å². The zero-order valence-corrected chi connectivity index (χ0v) is 22.5. The van der Waals surface area contributed by atoms with Gasteiger partial charge in [0.05, 0.1) is 11.7 Å². The van der Waals surface area contributed by atoms with Crippen molar-refractivity contribution >= 4 is 5.78 Å². The molecule has 2 heterocycles. The summed E-state index contributed by atoms with van der Waals surface area (Å²) >= 11 is 0. The lowest BCUT2D eigenvalue weighted by Gasteiger charge is -2.62. The first kappa shape index (κ1) is 22.7. The molecule has 4 heteroatoms. The number of epoxide rings is 1. The Labute approximate surface area is 205 Å². The third kappa shape index (κ3) is 2.28. The van der Waals surface area contributed by atoms with Crippen molar-refractivity contribution in [2.24, 2.45) is 50.7 Å². The molecular weight excluding hydrogens is 424 g/mol. The Balaban J connectivity index is 1.24. The van der Waals surface area contributed by atoms with E-state index >= 15 is 0 Å². The summed E-state index contributed by atoms with van der Waals surface area (Å²) in [6.45, 7) is 16.2. The number of ketones is 1. The van der Waals surface area contributed by atoms with Gasteiger partial charge < -0.3 is 14.6 Å².